The van der Waals surface area contributed by atoms with E-state index in [2.05, 4.69) is 32.2 Å². The van der Waals surface area contributed by atoms with E-state index in [9.17, 15) is 4.79 Å². The van der Waals surface area contributed by atoms with Crippen molar-refractivity contribution in [3.8, 4) is 11.4 Å². The standard InChI is InChI=1S/C23H25ClN6O/c1-15-7-4-11-30(19(15)14-29-23-27-12-17(24)13-28-23)22(31)18-8-3-6-16(2)20(18)21-25-9-5-10-26-21/h3,5-6,8-10,12-13,15,19H,4,7,11,14H2,1-2H3,(H,27,28,29). The lowest BCUT2D eigenvalue weighted by Gasteiger charge is -2.40. The fourth-order valence-corrected chi connectivity index (χ4v) is 4.24. The summed E-state index contributed by atoms with van der Waals surface area (Å²) in [5.41, 5.74) is 2.40. The van der Waals surface area contributed by atoms with Crippen LogP contribution in [0.25, 0.3) is 11.4 Å². The Morgan fingerprint density at radius 2 is 1.90 bits per heavy atom. The normalized spacial score (nSPS) is 18.6. The Hall–Kier alpha value is -3.06. The number of carbonyl (C=O) groups excluding carboxylic acids is 1. The van der Waals surface area contributed by atoms with Crippen LogP contribution in [-0.2, 0) is 0 Å². The third-order valence-electron chi connectivity index (χ3n) is 5.76. The largest absolute Gasteiger partial charge is 0.352 e. The summed E-state index contributed by atoms with van der Waals surface area (Å²) in [5.74, 6) is 1.42. The molecule has 3 heterocycles. The van der Waals surface area contributed by atoms with Crippen LogP contribution in [0.1, 0.15) is 35.7 Å². The molecular weight excluding hydrogens is 412 g/mol. The molecule has 1 N–H and O–H groups in total. The lowest BCUT2D eigenvalue weighted by atomic mass is 9.89. The molecule has 8 heteroatoms. The highest BCUT2D eigenvalue weighted by atomic mass is 35.5. The zero-order valence-electron chi connectivity index (χ0n) is 17.6. The Balaban J connectivity index is 1.62. The second kappa shape index (κ2) is 9.39. The maximum absolute atomic E-state index is 13.8. The molecule has 1 fully saturated rings. The molecular formula is C23H25ClN6O. The molecule has 1 aliphatic heterocycles. The number of nitrogens with one attached hydrogen (secondary N) is 1. The smallest absolute Gasteiger partial charge is 0.254 e. The second-order valence-corrected chi connectivity index (χ2v) is 8.30. The van der Waals surface area contributed by atoms with Crippen LogP contribution in [-0.4, -0.2) is 49.9 Å². The minimum atomic E-state index is 0.00141. The van der Waals surface area contributed by atoms with Crippen LogP contribution in [0.4, 0.5) is 5.95 Å². The van der Waals surface area contributed by atoms with E-state index in [1.54, 1.807) is 30.9 Å². The predicted octanol–water partition coefficient (Wildman–Crippen LogP) is 4.25. The van der Waals surface area contributed by atoms with Crippen LogP contribution in [0.2, 0.25) is 5.02 Å². The van der Waals surface area contributed by atoms with Gasteiger partial charge in [-0.05, 0) is 43.4 Å². The highest BCUT2D eigenvalue weighted by Crippen LogP contribution is 2.30. The summed E-state index contributed by atoms with van der Waals surface area (Å²) in [6.07, 6.45) is 8.56. The van der Waals surface area contributed by atoms with E-state index in [0.29, 0.717) is 41.4 Å². The summed E-state index contributed by atoms with van der Waals surface area (Å²) in [4.78, 5) is 32.9. The number of aromatic nitrogens is 4. The SMILES string of the molecule is Cc1cccc(C(=O)N2CCCC(C)C2CNc2ncc(Cl)cn2)c1-c1ncccn1. The first kappa shape index (κ1) is 21.2. The molecule has 1 amide bonds. The van der Waals surface area contributed by atoms with Gasteiger partial charge < -0.3 is 10.2 Å². The number of nitrogens with zero attached hydrogens (tertiary/aromatic N) is 5. The van der Waals surface area contributed by atoms with Gasteiger partial charge in [0, 0.05) is 31.0 Å². The van der Waals surface area contributed by atoms with Crippen molar-refractivity contribution in [1.29, 1.82) is 0 Å². The van der Waals surface area contributed by atoms with E-state index in [0.717, 1.165) is 24.0 Å². The summed E-state index contributed by atoms with van der Waals surface area (Å²) in [6.45, 7) is 5.45. The molecule has 7 nitrogen and oxygen atoms in total. The second-order valence-electron chi connectivity index (χ2n) is 7.86. The van der Waals surface area contributed by atoms with Gasteiger partial charge in [-0.25, -0.2) is 19.9 Å². The van der Waals surface area contributed by atoms with Crippen molar-refractivity contribution in [3.63, 3.8) is 0 Å². The molecule has 0 radical (unpaired) electrons. The fourth-order valence-electron chi connectivity index (χ4n) is 4.14. The molecule has 2 aromatic heterocycles. The minimum absolute atomic E-state index is 0.00141. The third kappa shape index (κ3) is 4.66. The first-order valence-corrected chi connectivity index (χ1v) is 10.8. The van der Waals surface area contributed by atoms with Crippen LogP contribution in [0.3, 0.4) is 0 Å². The van der Waals surface area contributed by atoms with Crippen molar-refractivity contribution in [2.75, 3.05) is 18.4 Å². The first-order chi connectivity index (χ1) is 15.0. The average Bonchev–Trinajstić information content (AvgIpc) is 2.79. The summed E-state index contributed by atoms with van der Waals surface area (Å²) in [7, 11) is 0. The van der Waals surface area contributed by atoms with Crippen LogP contribution in [0, 0.1) is 12.8 Å². The topological polar surface area (TPSA) is 83.9 Å². The Labute approximate surface area is 186 Å². The van der Waals surface area contributed by atoms with Gasteiger partial charge in [0.1, 0.15) is 0 Å². The molecule has 1 saturated heterocycles. The number of likely N-dealkylation sites (tertiary alicyclic amines) is 1. The number of halogens is 1. The van der Waals surface area contributed by atoms with Gasteiger partial charge in [-0.3, -0.25) is 4.79 Å². The number of hydrogen-bond donors (Lipinski definition) is 1. The monoisotopic (exact) mass is 436 g/mol. The van der Waals surface area contributed by atoms with Gasteiger partial charge in [-0.15, -0.1) is 0 Å². The molecule has 160 valence electrons. The number of carbonyl (C=O) groups is 1. The van der Waals surface area contributed by atoms with Crippen molar-refractivity contribution < 1.29 is 4.79 Å². The van der Waals surface area contributed by atoms with Crippen molar-refractivity contribution in [2.45, 2.75) is 32.7 Å². The summed E-state index contributed by atoms with van der Waals surface area (Å²) in [5, 5.41) is 3.76. The van der Waals surface area contributed by atoms with Crippen LogP contribution >= 0.6 is 11.6 Å². The number of benzene rings is 1. The molecule has 0 aliphatic carbocycles. The zero-order chi connectivity index (χ0) is 21.8. The summed E-state index contributed by atoms with van der Waals surface area (Å²) >= 11 is 5.88. The van der Waals surface area contributed by atoms with Crippen molar-refractivity contribution in [1.82, 2.24) is 24.8 Å². The number of piperidine rings is 1. The Kier molecular flexibility index (Phi) is 6.42. The van der Waals surface area contributed by atoms with Crippen LogP contribution in [0.5, 0.6) is 0 Å². The number of aryl methyl sites for hydroxylation is 1. The molecule has 1 aliphatic rings. The summed E-state index contributed by atoms with van der Waals surface area (Å²) in [6, 6.07) is 7.56. The van der Waals surface area contributed by atoms with E-state index in [4.69, 9.17) is 11.6 Å². The van der Waals surface area contributed by atoms with Crippen molar-refractivity contribution in [3.05, 3.63) is 65.2 Å². The maximum atomic E-state index is 13.8. The molecule has 4 rings (SSSR count). The van der Waals surface area contributed by atoms with Gasteiger partial charge >= 0.3 is 0 Å². The molecule has 2 atom stereocenters. The number of rotatable bonds is 5. The van der Waals surface area contributed by atoms with Gasteiger partial charge in [0.2, 0.25) is 5.95 Å². The molecule has 3 aromatic rings. The molecule has 2 unspecified atom stereocenters. The third-order valence-corrected chi connectivity index (χ3v) is 5.95. The van der Waals surface area contributed by atoms with E-state index in [1.165, 1.54) is 0 Å². The van der Waals surface area contributed by atoms with Gasteiger partial charge in [0.15, 0.2) is 5.82 Å². The minimum Gasteiger partial charge on any atom is -0.352 e. The Morgan fingerprint density at radius 3 is 2.65 bits per heavy atom. The zero-order valence-corrected chi connectivity index (χ0v) is 18.4. The van der Waals surface area contributed by atoms with Crippen molar-refractivity contribution in [2.24, 2.45) is 5.92 Å². The fraction of sp³-hybridized carbons (Fsp3) is 0.348. The van der Waals surface area contributed by atoms with Gasteiger partial charge in [-0.2, -0.15) is 0 Å². The Bertz CT molecular complexity index is 1040. The average molecular weight is 437 g/mol. The van der Waals surface area contributed by atoms with Crippen molar-refractivity contribution >= 4 is 23.5 Å². The predicted molar refractivity (Wildman–Crippen MR) is 121 cm³/mol. The number of amides is 1. The van der Waals surface area contributed by atoms with E-state index in [-0.39, 0.29) is 11.9 Å². The van der Waals surface area contributed by atoms with E-state index in [1.807, 2.05) is 30.0 Å². The van der Waals surface area contributed by atoms with Gasteiger partial charge in [-0.1, -0.05) is 30.7 Å². The maximum Gasteiger partial charge on any atom is 0.254 e. The molecule has 31 heavy (non-hydrogen) atoms. The highest BCUT2D eigenvalue weighted by molar-refractivity contribution is 6.30. The van der Waals surface area contributed by atoms with Crippen LogP contribution < -0.4 is 5.32 Å². The summed E-state index contributed by atoms with van der Waals surface area (Å²) < 4.78 is 0. The van der Waals surface area contributed by atoms with Gasteiger partial charge in [0.05, 0.1) is 29.0 Å². The number of hydrogen-bond acceptors (Lipinski definition) is 6. The number of anilines is 1. The van der Waals surface area contributed by atoms with E-state index < -0.39 is 0 Å². The first-order valence-electron chi connectivity index (χ1n) is 10.4. The molecule has 1 aromatic carbocycles. The molecule has 0 bridgehead atoms. The lowest BCUT2D eigenvalue weighted by molar-refractivity contribution is 0.0540. The highest BCUT2D eigenvalue weighted by Gasteiger charge is 2.33. The molecule has 0 saturated carbocycles. The lowest BCUT2D eigenvalue weighted by Crippen LogP contribution is -2.51. The van der Waals surface area contributed by atoms with E-state index >= 15 is 0 Å². The van der Waals surface area contributed by atoms with Gasteiger partial charge in [0.25, 0.3) is 5.91 Å². The molecule has 0 spiro atoms. The van der Waals surface area contributed by atoms with Crippen LogP contribution in [0.15, 0.2) is 49.1 Å². The Morgan fingerprint density at radius 1 is 1.16 bits per heavy atom. The quantitative estimate of drug-likeness (QED) is 0.643.